The Morgan fingerprint density at radius 2 is 1.64 bits per heavy atom. The number of methoxy groups -OCH3 is 1. The standard InChI is InChI=1S/C15H32N2O5/c1-14(2,19-5)12-22-15(3,4)13(18)17-7-9-21-11-10-20-8-6-16/h6-12,16H2,1-5H3,(H,17,18). The molecule has 0 unspecified atom stereocenters. The maximum Gasteiger partial charge on any atom is 0.251 e. The van der Waals surface area contributed by atoms with Crippen LogP contribution in [0.15, 0.2) is 0 Å². The fraction of sp³-hybridized carbons (Fsp3) is 0.933. The minimum Gasteiger partial charge on any atom is -0.378 e. The van der Waals surface area contributed by atoms with Gasteiger partial charge in [-0.05, 0) is 27.7 Å². The molecule has 0 radical (unpaired) electrons. The molecule has 0 aliphatic rings. The zero-order valence-electron chi connectivity index (χ0n) is 14.6. The van der Waals surface area contributed by atoms with E-state index in [0.717, 1.165) is 0 Å². The number of nitrogens with one attached hydrogen (secondary N) is 1. The molecule has 0 spiro atoms. The van der Waals surface area contributed by atoms with Crippen LogP contribution in [-0.2, 0) is 23.7 Å². The Labute approximate surface area is 133 Å². The third kappa shape index (κ3) is 10.1. The van der Waals surface area contributed by atoms with Crippen molar-refractivity contribution in [1.29, 1.82) is 0 Å². The SMILES string of the molecule is COC(C)(C)COC(C)(C)C(=O)NCCOCCOCCN. The van der Waals surface area contributed by atoms with Crippen LogP contribution in [0.3, 0.4) is 0 Å². The summed E-state index contributed by atoms with van der Waals surface area (Å²) in [7, 11) is 1.62. The summed E-state index contributed by atoms with van der Waals surface area (Å²) >= 11 is 0. The van der Waals surface area contributed by atoms with E-state index in [1.54, 1.807) is 21.0 Å². The lowest BCUT2D eigenvalue weighted by Gasteiger charge is -2.30. The first-order chi connectivity index (χ1) is 10.2. The molecule has 132 valence electrons. The number of hydrogen-bond donors (Lipinski definition) is 2. The van der Waals surface area contributed by atoms with Crippen LogP contribution in [0.4, 0.5) is 0 Å². The smallest absolute Gasteiger partial charge is 0.251 e. The van der Waals surface area contributed by atoms with Gasteiger partial charge in [-0.15, -0.1) is 0 Å². The van der Waals surface area contributed by atoms with Crippen LogP contribution in [0.5, 0.6) is 0 Å². The van der Waals surface area contributed by atoms with E-state index in [4.69, 9.17) is 24.7 Å². The first-order valence-corrected chi connectivity index (χ1v) is 7.58. The highest BCUT2D eigenvalue weighted by Gasteiger charge is 2.31. The first kappa shape index (κ1) is 21.3. The fourth-order valence-electron chi connectivity index (χ4n) is 1.33. The number of ether oxygens (including phenoxy) is 4. The summed E-state index contributed by atoms with van der Waals surface area (Å²) in [6, 6.07) is 0. The third-order valence-electron chi connectivity index (χ3n) is 3.05. The molecule has 22 heavy (non-hydrogen) atoms. The Hall–Kier alpha value is -0.730. The molecular formula is C15H32N2O5. The summed E-state index contributed by atoms with van der Waals surface area (Å²) in [4.78, 5) is 12.1. The molecule has 0 heterocycles. The van der Waals surface area contributed by atoms with Crippen LogP contribution in [-0.4, -0.2) is 70.3 Å². The normalized spacial score (nSPS) is 12.5. The number of nitrogens with two attached hydrogens (primary N) is 1. The van der Waals surface area contributed by atoms with Gasteiger partial charge in [-0.2, -0.15) is 0 Å². The lowest BCUT2D eigenvalue weighted by atomic mass is 10.1. The molecule has 0 saturated carbocycles. The molecule has 3 N–H and O–H groups in total. The van der Waals surface area contributed by atoms with E-state index in [0.29, 0.717) is 46.1 Å². The summed E-state index contributed by atoms with van der Waals surface area (Å²) in [5.41, 5.74) is 3.95. The average molecular weight is 320 g/mol. The Morgan fingerprint density at radius 1 is 1.05 bits per heavy atom. The molecule has 0 aromatic heterocycles. The van der Waals surface area contributed by atoms with Gasteiger partial charge in [0.25, 0.3) is 5.91 Å². The molecule has 0 aliphatic heterocycles. The predicted molar refractivity (Wildman–Crippen MR) is 84.8 cm³/mol. The molecule has 7 nitrogen and oxygen atoms in total. The third-order valence-corrected chi connectivity index (χ3v) is 3.05. The van der Waals surface area contributed by atoms with E-state index in [2.05, 4.69) is 5.32 Å². The van der Waals surface area contributed by atoms with E-state index in [1.807, 2.05) is 13.8 Å². The average Bonchev–Trinajstić information content (AvgIpc) is 2.48. The minimum absolute atomic E-state index is 0.178. The van der Waals surface area contributed by atoms with Gasteiger partial charge in [-0.25, -0.2) is 0 Å². The van der Waals surface area contributed by atoms with Gasteiger partial charge in [0, 0.05) is 20.2 Å². The van der Waals surface area contributed by atoms with E-state index in [-0.39, 0.29) is 5.91 Å². The second-order valence-corrected chi connectivity index (χ2v) is 6.03. The van der Waals surface area contributed by atoms with Gasteiger partial charge in [-0.1, -0.05) is 0 Å². The molecule has 0 aliphatic carbocycles. The van der Waals surface area contributed by atoms with E-state index < -0.39 is 11.2 Å². The van der Waals surface area contributed by atoms with E-state index in [1.165, 1.54) is 0 Å². The molecular weight excluding hydrogens is 288 g/mol. The molecule has 0 fully saturated rings. The number of amides is 1. The Kier molecular flexibility index (Phi) is 10.5. The summed E-state index contributed by atoms with van der Waals surface area (Å²) in [6.07, 6.45) is 0. The van der Waals surface area contributed by atoms with Gasteiger partial charge in [0.1, 0.15) is 5.60 Å². The molecule has 7 heteroatoms. The molecule has 0 aromatic rings. The van der Waals surface area contributed by atoms with Crippen molar-refractivity contribution >= 4 is 5.91 Å². The molecule has 0 aromatic carbocycles. The van der Waals surface area contributed by atoms with Crippen molar-refractivity contribution in [3.63, 3.8) is 0 Å². The maximum absolute atomic E-state index is 12.1. The first-order valence-electron chi connectivity index (χ1n) is 7.58. The predicted octanol–water partition coefficient (Wildman–Crippen LogP) is 0.315. The monoisotopic (exact) mass is 320 g/mol. The van der Waals surface area contributed by atoms with Gasteiger partial charge < -0.3 is 30.0 Å². The fourth-order valence-corrected chi connectivity index (χ4v) is 1.33. The zero-order chi connectivity index (χ0) is 17.1. The number of hydrogen-bond acceptors (Lipinski definition) is 6. The van der Waals surface area contributed by atoms with Gasteiger partial charge in [0.05, 0.1) is 38.6 Å². The number of rotatable bonds is 13. The van der Waals surface area contributed by atoms with Crippen LogP contribution in [0.25, 0.3) is 0 Å². The molecule has 0 atom stereocenters. The highest BCUT2D eigenvalue weighted by atomic mass is 16.5. The van der Waals surface area contributed by atoms with E-state index in [9.17, 15) is 4.79 Å². The van der Waals surface area contributed by atoms with Crippen LogP contribution in [0.1, 0.15) is 27.7 Å². The lowest BCUT2D eigenvalue weighted by Crippen LogP contribution is -2.47. The van der Waals surface area contributed by atoms with Crippen LogP contribution in [0, 0.1) is 0 Å². The van der Waals surface area contributed by atoms with Gasteiger partial charge in [0.15, 0.2) is 0 Å². The maximum atomic E-state index is 12.1. The summed E-state index contributed by atoms with van der Waals surface area (Å²) in [5, 5.41) is 2.79. The molecule has 0 saturated heterocycles. The highest BCUT2D eigenvalue weighted by molar-refractivity contribution is 5.84. The molecule has 1 amide bonds. The minimum atomic E-state index is -0.917. The highest BCUT2D eigenvalue weighted by Crippen LogP contribution is 2.15. The summed E-state index contributed by atoms with van der Waals surface area (Å²) in [6.45, 7) is 10.5. The van der Waals surface area contributed by atoms with Crippen LogP contribution < -0.4 is 11.1 Å². The largest absolute Gasteiger partial charge is 0.378 e. The van der Waals surface area contributed by atoms with Gasteiger partial charge in [-0.3, -0.25) is 4.79 Å². The van der Waals surface area contributed by atoms with E-state index >= 15 is 0 Å². The van der Waals surface area contributed by atoms with Crippen molar-refractivity contribution in [1.82, 2.24) is 5.32 Å². The second kappa shape index (κ2) is 10.9. The van der Waals surface area contributed by atoms with Crippen molar-refractivity contribution in [3.8, 4) is 0 Å². The zero-order valence-corrected chi connectivity index (χ0v) is 14.6. The second-order valence-electron chi connectivity index (χ2n) is 6.03. The quantitative estimate of drug-likeness (QED) is 0.475. The number of carbonyl (C=O) groups is 1. The Balaban J connectivity index is 3.81. The van der Waals surface area contributed by atoms with Crippen LogP contribution in [0.2, 0.25) is 0 Å². The van der Waals surface area contributed by atoms with Crippen molar-refractivity contribution in [3.05, 3.63) is 0 Å². The van der Waals surface area contributed by atoms with Crippen molar-refractivity contribution in [2.75, 3.05) is 53.2 Å². The van der Waals surface area contributed by atoms with Gasteiger partial charge in [0.2, 0.25) is 0 Å². The van der Waals surface area contributed by atoms with Gasteiger partial charge >= 0.3 is 0 Å². The lowest BCUT2D eigenvalue weighted by molar-refractivity contribution is -0.152. The van der Waals surface area contributed by atoms with Crippen LogP contribution >= 0.6 is 0 Å². The Bertz CT molecular complexity index is 308. The van der Waals surface area contributed by atoms with Crippen molar-refractivity contribution < 1.29 is 23.7 Å². The summed E-state index contributed by atoms with van der Waals surface area (Å²) in [5.74, 6) is -0.178. The topological polar surface area (TPSA) is 92.0 Å². The summed E-state index contributed by atoms with van der Waals surface area (Å²) < 4.78 is 21.4. The van der Waals surface area contributed by atoms with Crippen molar-refractivity contribution in [2.45, 2.75) is 38.9 Å². The molecule has 0 bridgehead atoms. The molecule has 0 rings (SSSR count). The van der Waals surface area contributed by atoms with Crippen molar-refractivity contribution in [2.24, 2.45) is 5.73 Å². The Morgan fingerprint density at radius 3 is 2.18 bits per heavy atom. The number of carbonyl (C=O) groups excluding carboxylic acids is 1.